The van der Waals surface area contributed by atoms with Crippen molar-refractivity contribution in [3.05, 3.63) is 0 Å². The number of nitriles is 1. The van der Waals surface area contributed by atoms with Crippen molar-refractivity contribution in [2.24, 2.45) is 10.4 Å². The monoisotopic (exact) mass is 251 g/mol. The average molecular weight is 251 g/mol. The molecule has 0 amide bonds. The van der Waals surface area contributed by atoms with Crippen LogP contribution in [-0.4, -0.2) is 29.4 Å². The lowest BCUT2D eigenvalue weighted by molar-refractivity contribution is 0.0990. The Balaban J connectivity index is 1.93. The number of amidine groups is 1. The van der Waals surface area contributed by atoms with E-state index in [4.69, 9.17) is 5.26 Å². The Kier molecular flexibility index (Phi) is 4.33. The molecule has 2 aliphatic rings. The molecule has 1 saturated carbocycles. The Morgan fingerprint density at radius 2 is 1.82 bits per heavy atom. The van der Waals surface area contributed by atoms with E-state index in [0.717, 1.165) is 18.3 Å². The second kappa shape index (κ2) is 5.77. The number of rotatable bonds is 0. The lowest BCUT2D eigenvalue weighted by atomic mass is 9.68. The molecule has 1 aliphatic carbocycles. The van der Waals surface area contributed by atoms with Gasteiger partial charge in [0.05, 0.1) is 0 Å². The summed E-state index contributed by atoms with van der Waals surface area (Å²) in [6, 6.07) is 0. The van der Waals surface area contributed by atoms with E-state index in [-0.39, 0.29) is 0 Å². The first-order valence-electron chi connectivity index (χ1n) is 6.55. The van der Waals surface area contributed by atoms with E-state index in [2.05, 4.69) is 9.89 Å². The summed E-state index contributed by atoms with van der Waals surface area (Å²) in [5.41, 5.74) is 0.630. The fourth-order valence-corrected chi connectivity index (χ4v) is 3.84. The normalized spacial score (nSPS) is 24.7. The van der Waals surface area contributed by atoms with Crippen molar-refractivity contribution in [1.29, 1.82) is 5.26 Å². The van der Waals surface area contributed by atoms with Gasteiger partial charge in [-0.1, -0.05) is 31.0 Å². The van der Waals surface area contributed by atoms with Gasteiger partial charge in [0.2, 0.25) is 6.19 Å². The maximum atomic E-state index is 8.66. The van der Waals surface area contributed by atoms with Crippen molar-refractivity contribution in [3.8, 4) is 6.19 Å². The van der Waals surface area contributed by atoms with Gasteiger partial charge in [-0.15, -0.1) is 4.99 Å². The van der Waals surface area contributed by atoms with Crippen molar-refractivity contribution < 1.29 is 0 Å². The van der Waals surface area contributed by atoms with E-state index >= 15 is 0 Å². The standard InChI is InChI=1S/C13H21N3S/c1-17-12(15-11-14)16-9-7-13(8-10-16)5-3-2-4-6-13/h2-10H2,1H3. The smallest absolute Gasteiger partial charge is 0.208 e. The molecule has 2 rings (SSSR count). The zero-order chi connectivity index (χ0) is 12.1. The molecule has 0 unspecified atom stereocenters. The van der Waals surface area contributed by atoms with Gasteiger partial charge in [-0.2, -0.15) is 5.26 Å². The molecule has 4 heteroatoms. The number of piperidine rings is 1. The summed E-state index contributed by atoms with van der Waals surface area (Å²) in [7, 11) is 0. The zero-order valence-electron chi connectivity index (χ0n) is 10.6. The van der Waals surface area contributed by atoms with Crippen LogP contribution in [0.4, 0.5) is 0 Å². The second-order valence-electron chi connectivity index (χ2n) is 5.25. The van der Waals surface area contributed by atoms with E-state index in [1.807, 2.05) is 12.4 Å². The summed E-state index contributed by atoms with van der Waals surface area (Å²) in [5.74, 6) is 0. The number of nitrogens with zero attached hydrogens (tertiary/aromatic N) is 3. The fourth-order valence-electron chi connectivity index (χ4n) is 3.26. The number of likely N-dealkylation sites (tertiary alicyclic amines) is 1. The number of aliphatic imine (C=N–C) groups is 1. The molecule has 1 saturated heterocycles. The molecular formula is C13H21N3S. The van der Waals surface area contributed by atoms with Crippen molar-refractivity contribution in [2.45, 2.75) is 44.9 Å². The molecule has 0 aromatic rings. The lowest BCUT2D eigenvalue weighted by Crippen LogP contribution is -2.43. The highest BCUT2D eigenvalue weighted by atomic mass is 32.2. The minimum absolute atomic E-state index is 0.630. The molecule has 94 valence electrons. The van der Waals surface area contributed by atoms with Crippen LogP contribution in [0.25, 0.3) is 0 Å². The van der Waals surface area contributed by atoms with Gasteiger partial charge in [-0.3, -0.25) is 0 Å². The van der Waals surface area contributed by atoms with Crippen LogP contribution in [0.5, 0.6) is 0 Å². The van der Waals surface area contributed by atoms with Gasteiger partial charge in [-0.25, -0.2) is 0 Å². The van der Waals surface area contributed by atoms with E-state index in [9.17, 15) is 0 Å². The van der Waals surface area contributed by atoms with Gasteiger partial charge in [-0.05, 0) is 37.4 Å². The van der Waals surface area contributed by atoms with Gasteiger partial charge in [0, 0.05) is 13.1 Å². The van der Waals surface area contributed by atoms with Crippen molar-refractivity contribution >= 4 is 16.9 Å². The average Bonchev–Trinajstić information content (AvgIpc) is 2.38. The van der Waals surface area contributed by atoms with Crippen LogP contribution < -0.4 is 0 Å². The topological polar surface area (TPSA) is 39.4 Å². The SMILES string of the molecule is CSC(=NC#N)N1CCC2(CCCCC2)CC1. The molecule has 1 spiro atoms. The first-order valence-corrected chi connectivity index (χ1v) is 7.78. The third kappa shape index (κ3) is 2.95. The maximum absolute atomic E-state index is 8.66. The molecule has 1 aliphatic heterocycles. The highest BCUT2D eigenvalue weighted by Crippen LogP contribution is 2.44. The Labute approximate surface area is 108 Å². The van der Waals surface area contributed by atoms with Crippen LogP contribution in [-0.2, 0) is 0 Å². The van der Waals surface area contributed by atoms with E-state index in [0.29, 0.717) is 5.41 Å². The third-order valence-corrected chi connectivity index (χ3v) is 5.05. The molecule has 0 N–H and O–H groups in total. The molecule has 1 heterocycles. The fraction of sp³-hybridized carbons (Fsp3) is 0.846. The highest BCUT2D eigenvalue weighted by Gasteiger charge is 2.36. The van der Waals surface area contributed by atoms with Gasteiger partial charge in [0.1, 0.15) is 0 Å². The van der Waals surface area contributed by atoms with Crippen LogP contribution in [0.3, 0.4) is 0 Å². The number of thioether (sulfide) groups is 1. The lowest BCUT2D eigenvalue weighted by Gasteiger charge is -2.44. The van der Waals surface area contributed by atoms with E-state index < -0.39 is 0 Å². The molecule has 3 nitrogen and oxygen atoms in total. The van der Waals surface area contributed by atoms with Gasteiger partial charge >= 0.3 is 0 Å². The van der Waals surface area contributed by atoms with Gasteiger partial charge in [0.25, 0.3) is 0 Å². The number of hydrogen-bond acceptors (Lipinski definition) is 3. The summed E-state index contributed by atoms with van der Waals surface area (Å²) < 4.78 is 0. The Morgan fingerprint density at radius 3 is 2.35 bits per heavy atom. The van der Waals surface area contributed by atoms with Crippen LogP contribution in [0.1, 0.15) is 44.9 Å². The molecule has 0 atom stereocenters. The minimum Gasteiger partial charge on any atom is -0.351 e. The third-order valence-electron chi connectivity index (χ3n) is 4.34. The zero-order valence-corrected chi connectivity index (χ0v) is 11.4. The molecule has 17 heavy (non-hydrogen) atoms. The molecule has 2 fully saturated rings. The van der Waals surface area contributed by atoms with Crippen LogP contribution in [0.2, 0.25) is 0 Å². The summed E-state index contributed by atoms with van der Waals surface area (Å²) >= 11 is 1.59. The second-order valence-corrected chi connectivity index (χ2v) is 6.02. The number of hydrogen-bond donors (Lipinski definition) is 0. The first-order chi connectivity index (χ1) is 8.29. The van der Waals surface area contributed by atoms with Crippen molar-refractivity contribution in [3.63, 3.8) is 0 Å². The summed E-state index contributed by atoms with van der Waals surface area (Å²) in [4.78, 5) is 6.20. The van der Waals surface area contributed by atoms with E-state index in [1.165, 1.54) is 44.9 Å². The quantitative estimate of drug-likeness (QED) is 0.377. The molecule has 0 bridgehead atoms. The minimum atomic E-state index is 0.630. The maximum Gasteiger partial charge on any atom is 0.208 e. The Morgan fingerprint density at radius 1 is 1.18 bits per heavy atom. The molecule has 0 aromatic heterocycles. The van der Waals surface area contributed by atoms with Crippen LogP contribution >= 0.6 is 11.8 Å². The predicted molar refractivity (Wildman–Crippen MR) is 72.9 cm³/mol. The molecular weight excluding hydrogens is 230 g/mol. The first kappa shape index (κ1) is 12.8. The summed E-state index contributed by atoms with van der Waals surface area (Å²) in [6.07, 6.45) is 13.6. The highest BCUT2D eigenvalue weighted by molar-refractivity contribution is 8.13. The summed E-state index contributed by atoms with van der Waals surface area (Å²) in [5, 5.41) is 9.56. The van der Waals surface area contributed by atoms with Crippen molar-refractivity contribution in [1.82, 2.24) is 4.90 Å². The molecule has 0 aromatic carbocycles. The van der Waals surface area contributed by atoms with Crippen LogP contribution in [0.15, 0.2) is 4.99 Å². The van der Waals surface area contributed by atoms with Gasteiger partial charge in [0.15, 0.2) is 5.17 Å². The van der Waals surface area contributed by atoms with Gasteiger partial charge < -0.3 is 4.90 Å². The molecule has 0 radical (unpaired) electrons. The Hall–Kier alpha value is -0.690. The Bertz CT molecular complexity index is 316. The largest absolute Gasteiger partial charge is 0.351 e. The van der Waals surface area contributed by atoms with Crippen LogP contribution in [0, 0.1) is 16.9 Å². The van der Waals surface area contributed by atoms with E-state index in [1.54, 1.807) is 11.8 Å². The summed E-state index contributed by atoms with van der Waals surface area (Å²) in [6.45, 7) is 2.17. The van der Waals surface area contributed by atoms with Crippen molar-refractivity contribution in [2.75, 3.05) is 19.3 Å². The predicted octanol–water partition coefficient (Wildman–Crippen LogP) is 3.23.